The molecular formula is C24H44N4O5. The Morgan fingerprint density at radius 1 is 0.909 bits per heavy atom. The first-order valence-corrected chi connectivity index (χ1v) is 12.1. The molecule has 3 amide bonds. The van der Waals surface area contributed by atoms with Crippen molar-refractivity contribution < 1.29 is 24.3 Å². The van der Waals surface area contributed by atoms with Crippen LogP contribution in [-0.2, 0) is 19.2 Å². The Morgan fingerprint density at radius 3 is 1.91 bits per heavy atom. The van der Waals surface area contributed by atoms with E-state index in [1.807, 2.05) is 0 Å². The van der Waals surface area contributed by atoms with E-state index in [1.165, 1.54) is 0 Å². The van der Waals surface area contributed by atoms with Crippen LogP contribution in [0.3, 0.4) is 0 Å². The molecule has 9 nitrogen and oxygen atoms in total. The number of amides is 3. The topological polar surface area (TPSA) is 133 Å². The zero-order valence-electron chi connectivity index (χ0n) is 21.2. The lowest BCUT2D eigenvalue weighted by Gasteiger charge is -2.37. The van der Waals surface area contributed by atoms with Gasteiger partial charge >= 0.3 is 5.97 Å². The predicted molar refractivity (Wildman–Crippen MR) is 127 cm³/mol. The summed E-state index contributed by atoms with van der Waals surface area (Å²) in [5.74, 6) is -2.64. The van der Waals surface area contributed by atoms with E-state index in [-0.39, 0.29) is 47.8 Å². The van der Waals surface area contributed by atoms with Gasteiger partial charge in [-0.1, -0.05) is 48.0 Å². The fraction of sp³-hybridized carbons (Fsp3) is 0.833. The fourth-order valence-electron chi connectivity index (χ4n) is 4.28. The van der Waals surface area contributed by atoms with Gasteiger partial charge in [0.2, 0.25) is 17.7 Å². The van der Waals surface area contributed by atoms with Gasteiger partial charge in [-0.15, -0.1) is 0 Å². The minimum atomic E-state index is -0.911. The number of piperazine rings is 1. The SMILES string of the molecule is CCCC(C)(C)CNC(=O)C(C)CC(N)C(=O)N1CCN(C(=O)C(C)CC(C)C(=O)O)CC1. The molecule has 4 atom stereocenters. The number of aliphatic carboxylic acids is 1. The maximum atomic E-state index is 12.8. The Bertz CT molecular complexity index is 688. The average molecular weight is 469 g/mol. The molecule has 0 saturated carbocycles. The largest absolute Gasteiger partial charge is 0.481 e. The van der Waals surface area contributed by atoms with Crippen molar-refractivity contribution in [3.63, 3.8) is 0 Å². The Morgan fingerprint density at radius 2 is 1.42 bits per heavy atom. The zero-order valence-corrected chi connectivity index (χ0v) is 21.2. The van der Waals surface area contributed by atoms with Gasteiger partial charge in [0.1, 0.15) is 0 Å². The highest BCUT2D eigenvalue weighted by atomic mass is 16.4. The van der Waals surface area contributed by atoms with E-state index >= 15 is 0 Å². The smallest absolute Gasteiger partial charge is 0.306 e. The summed E-state index contributed by atoms with van der Waals surface area (Å²) in [6.07, 6.45) is 2.62. The number of hydrogen-bond donors (Lipinski definition) is 3. The second-order valence-corrected chi connectivity index (χ2v) is 10.4. The van der Waals surface area contributed by atoms with Crippen molar-refractivity contribution in [2.75, 3.05) is 32.7 Å². The lowest BCUT2D eigenvalue weighted by atomic mass is 9.88. The fourth-order valence-corrected chi connectivity index (χ4v) is 4.28. The van der Waals surface area contributed by atoms with E-state index in [9.17, 15) is 19.2 Å². The standard InChI is InChI=1S/C24H44N4O5/c1-7-8-24(5,6)15-26-20(29)16(2)14-19(25)22(31)28-11-9-27(10-12-28)21(30)17(3)13-18(4)23(32)33/h16-19H,7-15,25H2,1-6H3,(H,26,29)(H,32,33). The molecule has 9 heteroatoms. The van der Waals surface area contributed by atoms with Gasteiger partial charge in [0.25, 0.3) is 0 Å². The van der Waals surface area contributed by atoms with Crippen LogP contribution in [0.4, 0.5) is 0 Å². The van der Waals surface area contributed by atoms with Gasteiger partial charge < -0.3 is 26.0 Å². The van der Waals surface area contributed by atoms with Crippen molar-refractivity contribution in [2.45, 2.75) is 73.3 Å². The summed E-state index contributed by atoms with van der Waals surface area (Å²) in [7, 11) is 0. The summed E-state index contributed by atoms with van der Waals surface area (Å²) in [5.41, 5.74) is 6.16. The van der Waals surface area contributed by atoms with Crippen LogP contribution < -0.4 is 11.1 Å². The van der Waals surface area contributed by atoms with Gasteiger partial charge in [-0.05, 0) is 24.7 Å². The van der Waals surface area contributed by atoms with Crippen LogP contribution in [0.1, 0.15) is 67.2 Å². The number of carbonyl (C=O) groups excluding carboxylic acids is 3. The summed E-state index contributed by atoms with van der Waals surface area (Å²) in [5, 5.41) is 12.0. The van der Waals surface area contributed by atoms with Gasteiger partial charge in [-0.3, -0.25) is 19.2 Å². The van der Waals surface area contributed by atoms with Gasteiger partial charge in [0.05, 0.1) is 12.0 Å². The molecule has 0 aliphatic carbocycles. The van der Waals surface area contributed by atoms with Crippen molar-refractivity contribution in [1.82, 2.24) is 15.1 Å². The third-order valence-corrected chi connectivity index (χ3v) is 6.49. The Balaban J connectivity index is 2.48. The van der Waals surface area contributed by atoms with Crippen LogP contribution in [0.25, 0.3) is 0 Å². The third-order valence-electron chi connectivity index (χ3n) is 6.49. The minimum Gasteiger partial charge on any atom is -0.481 e. The van der Waals surface area contributed by atoms with Crippen LogP contribution in [0.15, 0.2) is 0 Å². The number of hydrogen-bond acceptors (Lipinski definition) is 5. The second kappa shape index (κ2) is 12.9. The summed E-state index contributed by atoms with van der Waals surface area (Å²) in [6, 6.07) is -0.771. The van der Waals surface area contributed by atoms with E-state index in [0.29, 0.717) is 32.7 Å². The molecule has 1 heterocycles. The van der Waals surface area contributed by atoms with E-state index in [1.54, 1.807) is 30.6 Å². The predicted octanol–water partition coefficient (Wildman–Crippen LogP) is 1.70. The summed E-state index contributed by atoms with van der Waals surface area (Å²) < 4.78 is 0. The molecule has 0 spiro atoms. The molecule has 1 aliphatic rings. The van der Waals surface area contributed by atoms with Crippen molar-refractivity contribution in [1.29, 1.82) is 0 Å². The van der Waals surface area contributed by atoms with Crippen molar-refractivity contribution in [2.24, 2.45) is 28.9 Å². The van der Waals surface area contributed by atoms with Crippen LogP contribution in [0.2, 0.25) is 0 Å². The number of nitrogens with two attached hydrogens (primary N) is 1. The Labute approximate surface area is 198 Å². The quantitative estimate of drug-likeness (QED) is 0.399. The highest BCUT2D eigenvalue weighted by Crippen LogP contribution is 2.21. The van der Waals surface area contributed by atoms with E-state index in [4.69, 9.17) is 10.8 Å². The molecule has 0 aromatic rings. The van der Waals surface area contributed by atoms with Crippen LogP contribution >= 0.6 is 0 Å². The van der Waals surface area contributed by atoms with E-state index in [2.05, 4.69) is 26.1 Å². The van der Waals surface area contributed by atoms with E-state index < -0.39 is 17.9 Å². The van der Waals surface area contributed by atoms with Gasteiger partial charge in [0.15, 0.2) is 0 Å². The first-order chi connectivity index (χ1) is 15.3. The molecule has 0 aromatic heterocycles. The zero-order chi connectivity index (χ0) is 25.3. The molecular weight excluding hydrogens is 424 g/mol. The second-order valence-electron chi connectivity index (χ2n) is 10.4. The summed E-state index contributed by atoms with van der Waals surface area (Å²) in [6.45, 7) is 13.6. The number of carboxylic acid groups (broad SMARTS) is 1. The molecule has 33 heavy (non-hydrogen) atoms. The molecule has 1 saturated heterocycles. The molecule has 4 unspecified atom stereocenters. The Kier molecular flexibility index (Phi) is 11.3. The average Bonchev–Trinajstić information content (AvgIpc) is 2.76. The van der Waals surface area contributed by atoms with E-state index in [0.717, 1.165) is 12.8 Å². The number of rotatable bonds is 12. The monoisotopic (exact) mass is 468 g/mol. The molecule has 0 bridgehead atoms. The Hall–Kier alpha value is -2.16. The molecule has 1 aliphatic heterocycles. The normalized spacial score (nSPS) is 18.3. The summed E-state index contributed by atoms with van der Waals surface area (Å²) >= 11 is 0. The molecule has 190 valence electrons. The lowest BCUT2D eigenvalue weighted by Crippen LogP contribution is -2.55. The molecule has 1 fully saturated rings. The number of nitrogens with zero attached hydrogens (tertiary/aromatic N) is 2. The third kappa shape index (κ3) is 9.31. The van der Waals surface area contributed by atoms with Crippen LogP contribution in [0.5, 0.6) is 0 Å². The first kappa shape index (κ1) is 28.9. The van der Waals surface area contributed by atoms with Crippen molar-refractivity contribution >= 4 is 23.7 Å². The molecule has 0 radical (unpaired) electrons. The maximum absolute atomic E-state index is 12.8. The highest BCUT2D eigenvalue weighted by molar-refractivity contribution is 5.84. The first-order valence-electron chi connectivity index (χ1n) is 12.1. The number of carboxylic acids is 1. The van der Waals surface area contributed by atoms with Crippen LogP contribution in [-0.4, -0.2) is 77.4 Å². The highest BCUT2D eigenvalue weighted by Gasteiger charge is 2.31. The summed E-state index contributed by atoms with van der Waals surface area (Å²) in [4.78, 5) is 52.2. The van der Waals surface area contributed by atoms with Gasteiger partial charge in [0, 0.05) is 44.6 Å². The minimum absolute atomic E-state index is 0.0301. The van der Waals surface area contributed by atoms with Gasteiger partial charge in [-0.2, -0.15) is 0 Å². The molecule has 4 N–H and O–H groups in total. The molecule has 0 aromatic carbocycles. The maximum Gasteiger partial charge on any atom is 0.306 e. The van der Waals surface area contributed by atoms with Crippen LogP contribution in [0, 0.1) is 23.2 Å². The number of nitrogens with one attached hydrogen (secondary N) is 1. The van der Waals surface area contributed by atoms with Crippen molar-refractivity contribution in [3.8, 4) is 0 Å². The molecule has 1 rings (SSSR count). The van der Waals surface area contributed by atoms with Gasteiger partial charge in [-0.25, -0.2) is 0 Å². The van der Waals surface area contributed by atoms with Crippen molar-refractivity contribution in [3.05, 3.63) is 0 Å². The lowest BCUT2D eigenvalue weighted by molar-refractivity contribution is -0.145. The number of carbonyl (C=O) groups is 4.